The summed E-state index contributed by atoms with van der Waals surface area (Å²) in [5, 5.41) is 3.46. The Morgan fingerprint density at radius 3 is 2.21 bits per heavy atom. The molecule has 0 aromatic carbocycles. The van der Waals surface area contributed by atoms with Crippen molar-refractivity contribution < 1.29 is 4.79 Å². The van der Waals surface area contributed by atoms with Crippen molar-refractivity contribution in [3.8, 4) is 0 Å². The van der Waals surface area contributed by atoms with Crippen LogP contribution in [0.2, 0.25) is 0 Å². The molecule has 2 heterocycles. The number of piperidine rings is 2. The number of nitrogens with one attached hydrogen (secondary N) is 1. The molecule has 2 aliphatic heterocycles. The van der Waals surface area contributed by atoms with Crippen molar-refractivity contribution in [2.45, 2.75) is 57.8 Å². The zero-order chi connectivity index (χ0) is 13.1. The molecule has 1 amide bonds. The second-order valence-electron chi connectivity index (χ2n) is 6.91. The van der Waals surface area contributed by atoms with Crippen LogP contribution < -0.4 is 5.32 Å². The maximum atomic E-state index is 12.5. The third-order valence-corrected chi connectivity index (χ3v) is 5.75. The van der Waals surface area contributed by atoms with Crippen LogP contribution in [0, 0.1) is 11.3 Å². The summed E-state index contributed by atoms with van der Waals surface area (Å²) >= 11 is 0. The highest BCUT2D eigenvalue weighted by atomic mass is 16.2. The predicted molar refractivity (Wildman–Crippen MR) is 76.9 cm³/mol. The number of amides is 1. The Morgan fingerprint density at radius 1 is 0.947 bits per heavy atom. The smallest absolute Gasteiger partial charge is 0.225 e. The van der Waals surface area contributed by atoms with E-state index in [-0.39, 0.29) is 0 Å². The van der Waals surface area contributed by atoms with Gasteiger partial charge in [0.15, 0.2) is 0 Å². The Bertz CT molecular complexity index is 307. The highest BCUT2D eigenvalue weighted by molar-refractivity contribution is 5.79. The van der Waals surface area contributed by atoms with Crippen molar-refractivity contribution in [3.63, 3.8) is 0 Å². The molecule has 1 aliphatic carbocycles. The van der Waals surface area contributed by atoms with Crippen molar-refractivity contribution in [2.24, 2.45) is 11.3 Å². The van der Waals surface area contributed by atoms with Crippen LogP contribution in [0.5, 0.6) is 0 Å². The van der Waals surface area contributed by atoms with Gasteiger partial charge in [-0.15, -0.1) is 0 Å². The van der Waals surface area contributed by atoms with Crippen LogP contribution in [0.15, 0.2) is 0 Å². The number of carbonyl (C=O) groups is 1. The van der Waals surface area contributed by atoms with Crippen LogP contribution in [0.4, 0.5) is 0 Å². The van der Waals surface area contributed by atoms with Gasteiger partial charge in [0, 0.05) is 19.0 Å². The molecule has 3 heteroatoms. The minimum Gasteiger partial charge on any atom is -0.342 e. The van der Waals surface area contributed by atoms with E-state index in [4.69, 9.17) is 0 Å². The molecule has 19 heavy (non-hydrogen) atoms. The summed E-state index contributed by atoms with van der Waals surface area (Å²) in [5.74, 6) is 0.833. The van der Waals surface area contributed by atoms with E-state index in [2.05, 4.69) is 10.2 Å². The van der Waals surface area contributed by atoms with Gasteiger partial charge in [-0.25, -0.2) is 0 Å². The summed E-state index contributed by atoms with van der Waals surface area (Å²) in [6.45, 7) is 4.40. The molecule has 1 saturated carbocycles. The monoisotopic (exact) mass is 264 g/mol. The fourth-order valence-corrected chi connectivity index (χ4v) is 4.27. The maximum Gasteiger partial charge on any atom is 0.225 e. The Balaban J connectivity index is 1.52. The van der Waals surface area contributed by atoms with E-state index in [1.165, 1.54) is 58.0 Å². The van der Waals surface area contributed by atoms with Gasteiger partial charge in [-0.05, 0) is 57.0 Å². The quantitative estimate of drug-likeness (QED) is 0.789. The van der Waals surface area contributed by atoms with Gasteiger partial charge < -0.3 is 10.2 Å². The van der Waals surface area contributed by atoms with E-state index in [1.54, 1.807) is 0 Å². The van der Waals surface area contributed by atoms with E-state index in [0.29, 0.717) is 17.2 Å². The lowest BCUT2D eigenvalue weighted by atomic mass is 9.71. The number of nitrogens with zero attached hydrogens (tertiary/aromatic N) is 1. The summed E-state index contributed by atoms with van der Waals surface area (Å²) in [5.41, 5.74) is 0.564. The summed E-state index contributed by atoms with van der Waals surface area (Å²) < 4.78 is 0. The first-order chi connectivity index (χ1) is 9.29. The van der Waals surface area contributed by atoms with Gasteiger partial charge in [-0.3, -0.25) is 4.79 Å². The normalized spacial score (nSPS) is 28.5. The zero-order valence-corrected chi connectivity index (χ0v) is 12.1. The van der Waals surface area contributed by atoms with Crippen molar-refractivity contribution >= 4 is 5.91 Å². The van der Waals surface area contributed by atoms with Crippen molar-refractivity contribution in [1.29, 1.82) is 0 Å². The molecule has 0 aromatic rings. The first kappa shape index (κ1) is 13.4. The number of likely N-dealkylation sites (tertiary alicyclic amines) is 1. The van der Waals surface area contributed by atoms with E-state index >= 15 is 0 Å². The molecule has 3 aliphatic rings. The molecule has 0 aromatic heterocycles. The van der Waals surface area contributed by atoms with Gasteiger partial charge in [0.05, 0.1) is 0 Å². The third-order valence-electron chi connectivity index (χ3n) is 5.75. The summed E-state index contributed by atoms with van der Waals surface area (Å²) in [4.78, 5) is 14.7. The SMILES string of the molecule is O=C(C1CCCCC1)N1CCC2(CCNCC2)CC1. The standard InChI is InChI=1S/C16H28N2O/c19-15(14-4-2-1-3-5-14)18-12-8-16(9-13-18)6-10-17-11-7-16/h14,17H,1-13H2. The van der Waals surface area contributed by atoms with Crippen molar-refractivity contribution in [2.75, 3.05) is 26.2 Å². The van der Waals surface area contributed by atoms with Gasteiger partial charge >= 0.3 is 0 Å². The molecular formula is C16H28N2O. The Kier molecular flexibility index (Phi) is 4.11. The summed E-state index contributed by atoms with van der Waals surface area (Å²) in [6.07, 6.45) is 11.3. The molecule has 0 atom stereocenters. The van der Waals surface area contributed by atoms with Crippen LogP contribution in [-0.4, -0.2) is 37.0 Å². The third kappa shape index (κ3) is 2.96. The Morgan fingerprint density at radius 2 is 1.58 bits per heavy atom. The molecule has 0 unspecified atom stereocenters. The maximum absolute atomic E-state index is 12.5. The summed E-state index contributed by atoms with van der Waals surface area (Å²) in [7, 11) is 0. The van der Waals surface area contributed by atoms with Crippen molar-refractivity contribution in [3.05, 3.63) is 0 Å². The van der Waals surface area contributed by atoms with Crippen LogP contribution in [0.25, 0.3) is 0 Å². The molecule has 1 N–H and O–H groups in total. The molecular weight excluding hydrogens is 236 g/mol. The molecule has 2 saturated heterocycles. The second-order valence-corrected chi connectivity index (χ2v) is 6.91. The van der Waals surface area contributed by atoms with Crippen LogP contribution in [0.1, 0.15) is 57.8 Å². The van der Waals surface area contributed by atoms with E-state index in [9.17, 15) is 4.79 Å². The molecule has 0 bridgehead atoms. The number of rotatable bonds is 1. The van der Waals surface area contributed by atoms with Gasteiger partial charge in [-0.2, -0.15) is 0 Å². The predicted octanol–water partition coefficient (Wildman–Crippen LogP) is 2.56. The fourth-order valence-electron chi connectivity index (χ4n) is 4.27. The minimum atomic E-state index is 0.357. The number of carbonyl (C=O) groups excluding carboxylic acids is 1. The van der Waals surface area contributed by atoms with Crippen LogP contribution in [0.3, 0.4) is 0 Å². The zero-order valence-electron chi connectivity index (χ0n) is 12.1. The van der Waals surface area contributed by atoms with E-state index in [1.807, 2.05) is 0 Å². The molecule has 1 spiro atoms. The lowest BCUT2D eigenvalue weighted by molar-refractivity contribution is -0.139. The summed E-state index contributed by atoms with van der Waals surface area (Å²) in [6, 6.07) is 0. The second kappa shape index (κ2) is 5.82. The highest BCUT2D eigenvalue weighted by Gasteiger charge is 2.37. The Hall–Kier alpha value is -0.570. The van der Waals surface area contributed by atoms with Crippen LogP contribution >= 0.6 is 0 Å². The van der Waals surface area contributed by atoms with Crippen molar-refractivity contribution in [1.82, 2.24) is 10.2 Å². The molecule has 108 valence electrons. The van der Waals surface area contributed by atoms with E-state index < -0.39 is 0 Å². The van der Waals surface area contributed by atoms with E-state index in [0.717, 1.165) is 25.9 Å². The Labute approximate surface area is 117 Å². The number of hydrogen-bond donors (Lipinski definition) is 1. The minimum absolute atomic E-state index is 0.357. The fraction of sp³-hybridized carbons (Fsp3) is 0.938. The first-order valence-corrected chi connectivity index (χ1v) is 8.29. The lowest BCUT2D eigenvalue weighted by Gasteiger charge is -2.45. The van der Waals surface area contributed by atoms with Gasteiger partial charge in [0.1, 0.15) is 0 Å². The molecule has 3 nitrogen and oxygen atoms in total. The highest BCUT2D eigenvalue weighted by Crippen LogP contribution is 2.40. The average Bonchev–Trinajstić information content (AvgIpc) is 2.49. The lowest BCUT2D eigenvalue weighted by Crippen LogP contribution is -2.48. The molecule has 3 rings (SSSR count). The van der Waals surface area contributed by atoms with Crippen LogP contribution in [-0.2, 0) is 4.79 Å². The number of hydrogen-bond acceptors (Lipinski definition) is 2. The topological polar surface area (TPSA) is 32.3 Å². The largest absolute Gasteiger partial charge is 0.342 e. The first-order valence-electron chi connectivity index (χ1n) is 8.29. The van der Waals surface area contributed by atoms with Gasteiger partial charge in [0.2, 0.25) is 5.91 Å². The average molecular weight is 264 g/mol. The van der Waals surface area contributed by atoms with Gasteiger partial charge in [0.25, 0.3) is 0 Å². The molecule has 0 radical (unpaired) electrons. The molecule has 3 fully saturated rings. The van der Waals surface area contributed by atoms with Gasteiger partial charge in [-0.1, -0.05) is 19.3 Å².